The van der Waals surface area contributed by atoms with E-state index in [-0.39, 0.29) is 23.4 Å². The molecule has 0 spiro atoms. The fraction of sp³-hybridized carbons (Fsp3) is 0.385. The van der Waals surface area contributed by atoms with Crippen LogP contribution in [0.3, 0.4) is 0 Å². The number of aliphatic carboxylic acids is 1. The van der Waals surface area contributed by atoms with Crippen molar-refractivity contribution in [2.24, 2.45) is 0 Å². The highest BCUT2D eigenvalue weighted by Gasteiger charge is 2.22. The van der Waals surface area contributed by atoms with Gasteiger partial charge in [0.25, 0.3) is 5.91 Å². The molecule has 0 radical (unpaired) electrons. The molecule has 0 aliphatic heterocycles. The third-order valence-electron chi connectivity index (χ3n) is 2.82. The Bertz CT molecular complexity index is 558. The largest absolute Gasteiger partial charge is 0.490 e. The molecule has 1 rings (SSSR count). The van der Waals surface area contributed by atoms with Gasteiger partial charge in [0.15, 0.2) is 5.75 Å². The van der Waals surface area contributed by atoms with E-state index >= 15 is 0 Å². The molecule has 0 fully saturated rings. The van der Waals surface area contributed by atoms with Gasteiger partial charge in [-0.2, -0.15) is 0 Å². The van der Waals surface area contributed by atoms with Crippen LogP contribution in [0.1, 0.15) is 30.1 Å². The van der Waals surface area contributed by atoms with E-state index < -0.39 is 22.8 Å². The molecule has 114 valence electrons. The molecule has 1 aromatic rings. The van der Waals surface area contributed by atoms with Crippen LogP contribution < -0.4 is 10.1 Å². The van der Waals surface area contributed by atoms with Crippen LogP contribution in [-0.2, 0) is 4.79 Å². The van der Waals surface area contributed by atoms with Crippen molar-refractivity contribution in [3.05, 3.63) is 33.9 Å². The number of ether oxygens (including phenoxy) is 1. The Morgan fingerprint density at radius 3 is 2.62 bits per heavy atom. The van der Waals surface area contributed by atoms with E-state index in [1.165, 1.54) is 19.2 Å². The van der Waals surface area contributed by atoms with Crippen LogP contribution in [0.2, 0.25) is 0 Å². The zero-order chi connectivity index (χ0) is 16.0. The molecule has 0 heterocycles. The number of carbonyl (C=O) groups is 2. The molecule has 0 saturated carbocycles. The van der Waals surface area contributed by atoms with E-state index in [4.69, 9.17) is 9.84 Å². The quantitative estimate of drug-likeness (QED) is 0.582. The number of nitro groups is 1. The van der Waals surface area contributed by atoms with E-state index in [0.717, 1.165) is 6.07 Å². The highest BCUT2D eigenvalue weighted by molar-refractivity contribution is 5.97. The molecule has 0 aliphatic rings. The highest BCUT2D eigenvalue weighted by Crippen LogP contribution is 2.27. The second-order valence-corrected chi connectivity index (χ2v) is 4.30. The molecule has 0 saturated heterocycles. The molecule has 8 nitrogen and oxygen atoms in total. The van der Waals surface area contributed by atoms with Crippen molar-refractivity contribution in [1.29, 1.82) is 0 Å². The Hall–Kier alpha value is -2.64. The molecule has 1 amide bonds. The first-order valence-corrected chi connectivity index (χ1v) is 6.26. The van der Waals surface area contributed by atoms with E-state index in [1.807, 2.05) is 0 Å². The highest BCUT2D eigenvalue weighted by atomic mass is 16.6. The van der Waals surface area contributed by atoms with Crippen molar-refractivity contribution in [3.8, 4) is 5.75 Å². The zero-order valence-corrected chi connectivity index (χ0v) is 11.7. The summed E-state index contributed by atoms with van der Waals surface area (Å²) >= 11 is 0. The lowest BCUT2D eigenvalue weighted by atomic mass is 10.1. The van der Waals surface area contributed by atoms with Gasteiger partial charge in [0.05, 0.1) is 12.0 Å². The Balaban J connectivity index is 2.99. The number of carboxylic acids is 1. The number of nitrogens with one attached hydrogen (secondary N) is 1. The van der Waals surface area contributed by atoms with Crippen LogP contribution in [0, 0.1) is 10.1 Å². The lowest BCUT2D eigenvalue weighted by Gasteiger charge is -2.13. The summed E-state index contributed by atoms with van der Waals surface area (Å²) in [4.78, 5) is 33.2. The maximum Gasteiger partial charge on any atom is 0.326 e. The molecule has 0 bridgehead atoms. The number of nitro benzene ring substituents is 1. The lowest BCUT2D eigenvalue weighted by Crippen LogP contribution is -2.40. The average Bonchev–Trinajstić information content (AvgIpc) is 2.45. The summed E-state index contributed by atoms with van der Waals surface area (Å²) in [5.41, 5.74) is -0.350. The maximum absolute atomic E-state index is 12.0. The number of rotatable bonds is 7. The molecule has 0 unspecified atom stereocenters. The lowest BCUT2D eigenvalue weighted by molar-refractivity contribution is -0.385. The normalized spacial score (nSPS) is 11.5. The van der Waals surface area contributed by atoms with Crippen molar-refractivity contribution < 1.29 is 24.4 Å². The van der Waals surface area contributed by atoms with Crippen LogP contribution >= 0.6 is 0 Å². The van der Waals surface area contributed by atoms with Gasteiger partial charge in [0.1, 0.15) is 6.04 Å². The van der Waals surface area contributed by atoms with Gasteiger partial charge in [-0.25, -0.2) is 4.79 Å². The minimum absolute atomic E-state index is 0.00449. The smallest absolute Gasteiger partial charge is 0.326 e. The Morgan fingerprint density at radius 2 is 2.14 bits per heavy atom. The van der Waals surface area contributed by atoms with Crippen molar-refractivity contribution in [2.75, 3.05) is 7.11 Å². The molecular formula is C13H16N2O6. The van der Waals surface area contributed by atoms with Gasteiger partial charge >= 0.3 is 11.7 Å². The number of carboxylic acid groups (broad SMARTS) is 1. The second-order valence-electron chi connectivity index (χ2n) is 4.30. The standard InChI is InChI=1S/C13H16N2O6/c1-3-4-9(13(17)18)14-12(16)8-5-6-11(21-2)10(7-8)15(19)20/h5-7,9H,3-4H2,1-2H3,(H,14,16)(H,17,18)/t9-/m1/s1. The topological polar surface area (TPSA) is 119 Å². The van der Waals surface area contributed by atoms with Crippen LogP contribution in [0.4, 0.5) is 5.69 Å². The fourth-order valence-corrected chi connectivity index (χ4v) is 1.76. The summed E-state index contributed by atoms with van der Waals surface area (Å²) in [6.07, 6.45) is 0.860. The molecule has 21 heavy (non-hydrogen) atoms. The molecular weight excluding hydrogens is 280 g/mol. The van der Waals surface area contributed by atoms with E-state index in [0.29, 0.717) is 6.42 Å². The van der Waals surface area contributed by atoms with Gasteiger partial charge in [-0.1, -0.05) is 13.3 Å². The van der Waals surface area contributed by atoms with E-state index in [2.05, 4.69) is 5.32 Å². The zero-order valence-electron chi connectivity index (χ0n) is 11.7. The first-order chi connectivity index (χ1) is 9.90. The van der Waals surface area contributed by atoms with Gasteiger partial charge in [-0.15, -0.1) is 0 Å². The number of benzene rings is 1. The fourth-order valence-electron chi connectivity index (χ4n) is 1.76. The number of carbonyl (C=O) groups excluding carboxylic acids is 1. The van der Waals surface area contributed by atoms with Gasteiger partial charge in [0.2, 0.25) is 0 Å². The van der Waals surface area contributed by atoms with Crippen LogP contribution in [-0.4, -0.2) is 35.1 Å². The minimum atomic E-state index is -1.15. The third kappa shape index (κ3) is 4.16. The first kappa shape index (κ1) is 16.4. The number of hydrogen-bond acceptors (Lipinski definition) is 5. The average molecular weight is 296 g/mol. The van der Waals surface area contributed by atoms with Gasteiger partial charge in [-0.05, 0) is 18.6 Å². The predicted octanol–water partition coefficient (Wildman–Crippen LogP) is 1.59. The SMILES string of the molecule is CCC[C@@H](NC(=O)c1ccc(OC)c([N+](=O)[O-])c1)C(=O)O. The molecule has 1 atom stereocenters. The summed E-state index contributed by atoms with van der Waals surface area (Å²) in [5, 5.41) is 22.2. The Labute approximate surface area is 120 Å². The summed E-state index contributed by atoms with van der Waals surface area (Å²) in [7, 11) is 1.28. The van der Waals surface area contributed by atoms with Gasteiger partial charge in [-0.3, -0.25) is 14.9 Å². The summed E-state index contributed by atoms with van der Waals surface area (Å²) in [5.74, 6) is -1.80. The molecule has 1 aromatic carbocycles. The number of methoxy groups -OCH3 is 1. The Morgan fingerprint density at radius 1 is 1.48 bits per heavy atom. The summed E-state index contributed by atoms with van der Waals surface area (Å²) in [6.45, 7) is 1.79. The van der Waals surface area contributed by atoms with E-state index in [1.54, 1.807) is 6.92 Å². The molecule has 0 aromatic heterocycles. The second kappa shape index (κ2) is 7.22. The Kier molecular flexibility index (Phi) is 5.65. The molecule has 2 N–H and O–H groups in total. The van der Waals surface area contributed by atoms with Crippen LogP contribution in [0.5, 0.6) is 5.75 Å². The van der Waals surface area contributed by atoms with Crippen molar-refractivity contribution >= 4 is 17.6 Å². The molecule has 8 heteroatoms. The third-order valence-corrected chi connectivity index (χ3v) is 2.82. The van der Waals surface area contributed by atoms with Gasteiger partial charge < -0.3 is 15.2 Å². The van der Waals surface area contributed by atoms with Crippen LogP contribution in [0.25, 0.3) is 0 Å². The summed E-state index contributed by atoms with van der Waals surface area (Å²) < 4.78 is 4.83. The van der Waals surface area contributed by atoms with Crippen LogP contribution in [0.15, 0.2) is 18.2 Å². The number of hydrogen-bond donors (Lipinski definition) is 2. The monoisotopic (exact) mass is 296 g/mol. The number of amides is 1. The van der Waals surface area contributed by atoms with Crippen molar-refractivity contribution in [1.82, 2.24) is 5.32 Å². The maximum atomic E-state index is 12.0. The molecule has 0 aliphatic carbocycles. The predicted molar refractivity (Wildman–Crippen MR) is 73.4 cm³/mol. The minimum Gasteiger partial charge on any atom is -0.490 e. The number of nitrogens with zero attached hydrogens (tertiary/aromatic N) is 1. The first-order valence-electron chi connectivity index (χ1n) is 6.26. The van der Waals surface area contributed by atoms with Crippen molar-refractivity contribution in [2.45, 2.75) is 25.8 Å². The van der Waals surface area contributed by atoms with E-state index in [9.17, 15) is 19.7 Å². The van der Waals surface area contributed by atoms with Crippen molar-refractivity contribution in [3.63, 3.8) is 0 Å². The van der Waals surface area contributed by atoms with Gasteiger partial charge in [0, 0.05) is 11.6 Å². The summed E-state index contributed by atoms with van der Waals surface area (Å²) in [6, 6.07) is 2.66.